The van der Waals surface area contributed by atoms with Crippen LogP contribution in [-0.2, 0) is 0 Å². The van der Waals surface area contributed by atoms with Crippen LogP contribution in [0.2, 0.25) is 0 Å². The molecule has 0 N–H and O–H groups in total. The molecule has 2 aliphatic heterocycles. The second-order valence-corrected chi connectivity index (χ2v) is 6.12. The molecule has 1 fully saturated rings. The molecule has 1 atom stereocenters. The van der Waals surface area contributed by atoms with Crippen molar-refractivity contribution in [1.29, 1.82) is 0 Å². The fraction of sp³-hybridized carbons (Fsp3) is 0.471. The van der Waals surface area contributed by atoms with E-state index in [0.29, 0.717) is 48.5 Å². The number of aromatic nitrogens is 2. The zero-order valence-electron chi connectivity index (χ0n) is 13.5. The molecule has 24 heavy (non-hydrogen) atoms. The second-order valence-electron chi connectivity index (χ2n) is 6.12. The van der Waals surface area contributed by atoms with Gasteiger partial charge in [0, 0.05) is 31.5 Å². The van der Waals surface area contributed by atoms with Crippen molar-refractivity contribution in [3.8, 4) is 11.5 Å². The van der Waals surface area contributed by atoms with Crippen molar-refractivity contribution >= 4 is 5.91 Å². The summed E-state index contributed by atoms with van der Waals surface area (Å²) in [6, 6.07) is 5.35. The number of nitrogens with zero attached hydrogens (tertiary/aromatic N) is 3. The quantitative estimate of drug-likeness (QED) is 0.840. The molecular weight excluding hydrogens is 310 g/mol. The Labute approximate surface area is 139 Å². The van der Waals surface area contributed by atoms with Gasteiger partial charge in [0.2, 0.25) is 5.89 Å². The molecule has 0 saturated carbocycles. The highest BCUT2D eigenvalue weighted by Crippen LogP contribution is 2.32. The molecule has 0 radical (unpaired) electrons. The van der Waals surface area contributed by atoms with Gasteiger partial charge in [-0.05, 0) is 31.0 Å². The van der Waals surface area contributed by atoms with Crippen LogP contribution < -0.4 is 9.47 Å². The van der Waals surface area contributed by atoms with E-state index in [2.05, 4.69) is 10.1 Å². The van der Waals surface area contributed by atoms with E-state index in [1.165, 1.54) is 0 Å². The number of hydrogen-bond donors (Lipinski definition) is 0. The Morgan fingerprint density at radius 3 is 2.88 bits per heavy atom. The van der Waals surface area contributed by atoms with Crippen LogP contribution in [0.15, 0.2) is 22.7 Å². The van der Waals surface area contributed by atoms with Crippen LogP contribution in [0.25, 0.3) is 0 Å². The maximum atomic E-state index is 12.8. The number of amides is 1. The van der Waals surface area contributed by atoms with Crippen LogP contribution in [0.3, 0.4) is 0 Å². The van der Waals surface area contributed by atoms with Crippen molar-refractivity contribution in [2.75, 3.05) is 26.3 Å². The van der Waals surface area contributed by atoms with Gasteiger partial charge in [0.15, 0.2) is 17.3 Å². The number of likely N-dealkylation sites (tertiary alicyclic amines) is 1. The van der Waals surface area contributed by atoms with Crippen LogP contribution in [-0.4, -0.2) is 47.3 Å². The van der Waals surface area contributed by atoms with E-state index in [4.69, 9.17) is 14.0 Å². The van der Waals surface area contributed by atoms with Gasteiger partial charge in [-0.3, -0.25) is 4.79 Å². The number of aryl methyl sites for hydroxylation is 1. The lowest BCUT2D eigenvalue weighted by molar-refractivity contribution is 0.0702. The van der Waals surface area contributed by atoms with Gasteiger partial charge in [-0.15, -0.1) is 0 Å². The summed E-state index contributed by atoms with van der Waals surface area (Å²) in [6.45, 7) is 4.16. The molecule has 1 amide bonds. The molecule has 0 bridgehead atoms. The Morgan fingerprint density at radius 1 is 1.25 bits per heavy atom. The van der Waals surface area contributed by atoms with Gasteiger partial charge in [0.05, 0.1) is 0 Å². The van der Waals surface area contributed by atoms with E-state index in [-0.39, 0.29) is 11.8 Å². The molecule has 0 spiro atoms. The number of benzene rings is 1. The highest BCUT2D eigenvalue weighted by atomic mass is 16.6. The maximum Gasteiger partial charge on any atom is 0.254 e. The first kappa shape index (κ1) is 15.0. The third kappa shape index (κ3) is 2.81. The molecule has 3 heterocycles. The van der Waals surface area contributed by atoms with Crippen LogP contribution in [0.1, 0.15) is 40.8 Å². The van der Waals surface area contributed by atoms with E-state index < -0.39 is 0 Å². The molecule has 1 aromatic carbocycles. The Hall–Kier alpha value is -2.57. The predicted molar refractivity (Wildman–Crippen MR) is 84.3 cm³/mol. The van der Waals surface area contributed by atoms with Gasteiger partial charge in [-0.2, -0.15) is 4.98 Å². The molecule has 7 nitrogen and oxygen atoms in total. The number of rotatable bonds is 2. The SMILES string of the molecule is Cc1nc([C@H]2CCCN(C(=O)c3ccc4c(c3)OCCO4)C2)no1. The summed E-state index contributed by atoms with van der Waals surface area (Å²) in [6.07, 6.45) is 1.89. The van der Waals surface area contributed by atoms with Gasteiger partial charge >= 0.3 is 0 Å². The summed E-state index contributed by atoms with van der Waals surface area (Å²) < 4.78 is 16.1. The average Bonchev–Trinajstić information content (AvgIpc) is 3.07. The third-order valence-corrected chi connectivity index (χ3v) is 4.41. The Morgan fingerprint density at radius 2 is 2.08 bits per heavy atom. The summed E-state index contributed by atoms with van der Waals surface area (Å²) in [4.78, 5) is 19.0. The number of carbonyl (C=O) groups excluding carboxylic acids is 1. The number of ether oxygens (including phenoxy) is 2. The lowest BCUT2D eigenvalue weighted by Crippen LogP contribution is -2.39. The smallest absolute Gasteiger partial charge is 0.254 e. The lowest BCUT2D eigenvalue weighted by atomic mass is 9.96. The lowest BCUT2D eigenvalue weighted by Gasteiger charge is -2.31. The van der Waals surface area contributed by atoms with Crippen LogP contribution in [0.4, 0.5) is 0 Å². The molecule has 4 rings (SSSR count). The summed E-state index contributed by atoms with van der Waals surface area (Å²) >= 11 is 0. The minimum atomic E-state index is -0.00288. The molecule has 126 valence electrons. The van der Waals surface area contributed by atoms with Gasteiger partial charge in [-0.25, -0.2) is 0 Å². The van der Waals surface area contributed by atoms with E-state index >= 15 is 0 Å². The molecule has 1 saturated heterocycles. The highest BCUT2D eigenvalue weighted by Gasteiger charge is 2.29. The van der Waals surface area contributed by atoms with Crippen molar-refractivity contribution in [1.82, 2.24) is 15.0 Å². The Balaban J connectivity index is 1.51. The monoisotopic (exact) mass is 329 g/mol. The van der Waals surface area contributed by atoms with Crippen LogP contribution >= 0.6 is 0 Å². The van der Waals surface area contributed by atoms with Crippen molar-refractivity contribution in [2.24, 2.45) is 0 Å². The molecule has 0 aliphatic carbocycles. The first-order valence-electron chi connectivity index (χ1n) is 8.20. The van der Waals surface area contributed by atoms with Crippen molar-refractivity contribution in [3.05, 3.63) is 35.5 Å². The molecule has 1 aromatic heterocycles. The normalized spacial score (nSPS) is 20.0. The van der Waals surface area contributed by atoms with Crippen molar-refractivity contribution < 1.29 is 18.8 Å². The largest absolute Gasteiger partial charge is 0.486 e. The standard InChI is InChI=1S/C17H19N3O4/c1-11-18-16(19-24-11)13-3-2-6-20(10-13)17(21)12-4-5-14-15(9-12)23-8-7-22-14/h4-5,9,13H,2-3,6-8,10H2,1H3/t13-/m0/s1. The minimum Gasteiger partial charge on any atom is -0.486 e. The molecule has 7 heteroatoms. The highest BCUT2D eigenvalue weighted by molar-refractivity contribution is 5.95. The van der Waals surface area contributed by atoms with E-state index in [1.807, 2.05) is 4.90 Å². The minimum absolute atomic E-state index is 0.00288. The van der Waals surface area contributed by atoms with Gasteiger partial charge < -0.3 is 18.9 Å². The van der Waals surface area contributed by atoms with Gasteiger partial charge in [0.1, 0.15) is 13.2 Å². The molecule has 2 aliphatic rings. The number of carbonyl (C=O) groups is 1. The number of fused-ring (bicyclic) bond motifs is 1. The molecule has 0 unspecified atom stereocenters. The first-order chi connectivity index (χ1) is 11.7. The third-order valence-electron chi connectivity index (χ3n) is 4.41. The zero-order valence-corrected chi connectivity index (χ0v) is 13.5. The van der Waals surface area contributed by atoms with Crippen molar-refractivity contribution in [3.63, 3.8) is 0 Å². The fourth-order valence-corrected chi connectivity index (χ4v) is 3.21. The van der Waals surface area contributed by atoms with Gasteiger partial charge in [0.25, 0.3) is 5.91 Å². The number of piperidine rings is 1. The Bertz CT molecular complexity index is 758. The predicted octanol–water partition coefficient (Wildman–Crippen LogP) is 2.17. The van der Waals surface area contributed by atoms with E-state index in [9.17, 15) is 4.79 Å². The number of hydrogen-bond acceptors (Lipinski definition) is 6. The van der Waals surface area contributed by atoms with Crippen LogP contribution in [0.5, 0.6) is 11.5 Å². The molecular formula is C17H19N3O4. The maximum absolute atomic E-state index is 12.8. The summed E-state index contributed by atoms with van der Waals surface area (Å²) in [5, 5.41) is 4.00. The second kappa shape index (κ2) is 6.14. The zero-order chi connectivity index (χ0) is 16.5. The summed E-state index contributed by atoms with van der Waals surface area (Å²) in [5.41, 5.74) is 0.615. The van der Waals surface area contributed by atoms with Crippen molar-refractivity contribution in [2.45, 2.75) is 25.7 Å². The van der Waals surface area contributed by atoms with E-state index in [0.717, 1.165) is 19.4 Å². The fourth-order valence-electron chi connectivity index (χ4n) is 3.21. The average molecular weight is 329 g/mol. The topological polar surface area (TPSA) is 77.7 Å². The first-order valence-corrected chi connectivity index (χ1v) is 8.20. The summed E-state index contributed by atoms with van der Waals surface area (Å²) in [5.74, 6) is 2.69. The van der Waals surface area contributed by atoms with Crippen LogP contribution in [0, 0.1) is 6.92 Å². The summed E-state index contributed by atoms with van der Waals surface area (Å²) in [7, 11) is 0. The van der Waals surface area contributed by atoms with Gasteiger partial charge in [-0.1, -0.05) is 5.16 Å². The van der Waals surface area contributed by atoms with E-state index in [1.54, 1.807) is 25.1 Å². The Kier molecular flexibility index (Phi) is 3.84. The molecule has 2 aromatic rings.